The average Bonchev–Trinajstić information content (AvgIpc) is 3.33. The standard InChI is InChI=1S/C34H37F3N4O5/c1-22(23-9-5-4-6-10-23)39-17-19-40(20-18-39)27-12-7-11-25-30(27)32(43)41(31(25)42)26(13-8-16-38-33(44)34(35,36)37)24-14-15-28(45-2)29(21-24)46-3/h4-7,9-12,14-15,21-22,26H,8,13,16-20H2,1-3H3,(H,38,44). The number of carbonyl (C=O) groups excluding carboxylic acids is 3. The summed E-state index contributed by atoms with van der Waals surface area (Å²) in [6.45, 7) is 4.74. The number of benzene rings is 3. The molecule has 0 saturated carbocycles. The molecule has 3 aromatic carbocycles. The number of amides is 3. The lowest BCUT2D eigenvalue weighted by molar-refractivity contribution is -0.173. The van der Waals surface area contributed by atoms with Crippen LogP contribution in [-0.4, -0.2) is 80.6 Å². The van der Waals surface area contributed by atoms with Crippen molar-refractivity contribution in [3.63, 3.8) is 0 Å². The zero-order chi connectivity index (χ0) is 33.0. The SMILES string of the molecule is COc1ccc(C(CCCNC(=O)C(F)(F)F)N2C(=O)c3cccc(N4CCN(C(C)c5ccccc5)CC4)c3C2=O)cc1OC. The monoisotopic (exact) mass is 638 g/mol. The van der Waals surface area contributed by atoms with Gasteiger partial charge in [0.15, 0.2) is 11.5 Å². The third-order valence-electron chi connectivity index (χ3n) is 8.71. The largest absolute Gasteiger partial charge is 0.493 e. The molecule has 2 heterocycles. The van der Waals surface area contributed by atoms with Crippen molar-refractivity contribution in [3.05, 3.63) is 89.0 Å². The molecule has 12 heteroatoms. The molecule has 1 fully saturated rings. The number of ether oxygens (including phenoxy) is 2. The van der Waals surface area contributed by atoms with E-state index in [-0.39, 0.29) is 31.0 Å². The summed E-state index contributed by atoms with van der Waals surface area (Å²) in [5.41, 5.74) is 3.03. The van der Waals surface area contributed by atoms with Crippen LogP contribution in [0, 0.1) is 0 Å². The Labute approximate surface area is 265 Å². The van der Waals surface area contributed by atoms with Gasteiger partial charge in [0, 0.05) is 38.8 Å². The molecule has 5 rings (SSSR count). The Hall–Kier alpha value is -4.58. The van der Waals surface area contributed by atoms with Crippen molar-refractivity contribution in [2.24, 2.45) is 0 Å². The summed E-state index contributed by atoms with van der Waals surface area (Å²) >= 11 is 0. The first-order valence-corrected chi connectivity index (χ1v) is 15.2. The third kappa shape index (κ3) is 6.67. The highest BCUT2D eigenvalue weighted by Crippen LogP contribution is 2.40. The fourth-order valence-electron chi connectivity index (χ4n) is 6.23. The molecule has 0 aliphatic carbocycles. The highest BCUT2D eigenvalue weighted by molar-refractivity contribution is 6.24. The van der Waals surface area contributed by atoms with Crippen molar-refractivity contribution in [1.29, 1.82) is 0 Å². The number of imide groups is 1. The van der Waals surface area contributed by atoms with Gasteiger partial charge in [-0.15, -0.1) is 0 Å². The van der Waals surface area contributed by atoms with Crippen LogP contribution >= 0.6 is 0 Å². The zero-order valence-corrected chi connectivity index (χ0v) is 26.0. The van der Waals surface area contributed by atoms with Gasteiger partial charge in [-0.25, -0.2) is 0 Å². The first-order chi connectivity index (χ1) is 22.0. The maximum atomic E-state index is 14.2. The van der Waals surface area contributed by atoms with Crippen LogP contribution in [0.4, 0.5) is 18.9 Å². The number of nitrogens with one attached hydrogen (secondary N) is 1. The second kappa shape index (κ2) is 13.8. The van der Waals surface area contributed by atoms with E-state index in [0.29, 0.717) is 41.4 Å². The molecule has 46 heavy (non-hydrogen) atoms. The van der Waals surface area contributed by atoms with Gasteiger partial charge in [-0.2, -0.15) is 13.2 Å². The molecule has 3 aromatic rings. The fourth-order valence-corrected chi connectivity index (χ4v) is 6.23. The van der Waals surface area contributed by atoms with Gasteiger partial charge in [0.1, 0.15) is 0 Å². The van der Waals surface area contributed by atoms with Crippen LogP contribution in [0.3, 0.4) is 0 Å². The minimum atomic E-state index is -5.01. The molecular weight excluding hydrogens is 601 g/mol. The van der Waals surface area contributed by atoms with Crippen molar-refractivity contribution in [2.45, 2.75) is 38.0 Å². The topological polar surface area (TPSA) is 91.4 Å². The Morgan fingerprint density at radius 3 is 2.22 bits per heavy atom. The van der Waals surface area contributed by atoms with Gasteiger partial charge in [0.2, 0.25) is 0 Å². The lowest BCUT2D eigenvalue weighted by Gasteiger charge is -2.39. The fraction of sp³-hybridized carbons (Fsp3) is 0.382. The molecule has 0 aromatic heterocycles. The van der Waals surface area contributed by atoms with E-state index >= 15 is 0 Å². The van der Waals surface area contributed by atoms with Crippen LogP contribution in [0.15, 0.2) is 66.7 Å². The number of anilines is 1. The molecule has 2 unspecified atom stereocenters. The van der Waals surface area contributed by atoms with Gasteiger partial charge in [-0.3, -0.25) is 24.2 Å². The molecule has 1 saturated heterocycles. The highest BCUT2D eigenvalue weighted by Gasteiger charge is 2.43. The maximum absolute atomic E-state index is 14.2. The number of hydrogen-bond acceptors (Lipinski definition) is 7. The van der Waals surface area contributed by atoms with Crippen molar-refractivity contribution in [2.75, 3.05) is 51.8 Å². The molecule has 3 amide bonds. The number of nitrogens with zero attached hydrogens (tertiary/aromatic N) is 3. The molecule has 2 atom stereocenters. The van der Waals surface area contributed by atoms with Gasteiger partial charge in [0.05, 0.1) is 37.1 Å². The second-order valence-electron chi connectivity index (χ2n) is 11.3. The number of fused-ring (bicyclic) bond motifs is 1. The number of carbonyl (C=O) groups is 3. The molecule has 0 spiro atoms. The number of halogens is 3. The van der Waals surface area contributed by atoms with E-state index in [9.17, 15) is 27.6 Å². The summed E-state index contributed by atoms with van der Waals surface area (Å²) < 4.78 is 49.0. The van der Waals surface area contributed by atoms with Gasteiger partial charge >= 0.3 is 12.1 Å². The first-order valence-electron chi connectivity index (χ1n) is 15.2. The average molecular weight is 639 g/mol. The van der Waals surface area contributed by atoms with Crippen molar-refractivity contribution in [3.8, 4) is 11.5 Å². The first kappa shape index (κ1) is 32.8. The summed E-state index contributed by atoms with van der Waals surface area (Å²) in [7, 11) is 2.93. The molecule has 244 valence electrons. The Bertz CT molecular complexity index is 1570. The van der Waals surface area contributed by atoms with Crippen LogP contribution < -0.4 is 19.7 Å². The van der Waals surface area contributed by atoms with E-state index in [4.69, 9.17) is 9.47 Å². The zero-order valence-electron chi connectivity index (χ0n) is 26.0. The number of piperazine rings is 1. The maximum Gasteiger partial charge on any atom is 0.471 e. The Morgan fingerprint density at radius 2 is 1.57 bits per heavy atom. The van der Waals surface area contributed by atoms with Crippen molar-refractivity contribution >= 4 is 23.4 Å². The molecule has 9 nitrogen and oxygen atoms in total. The smallest absolute Gasteiger partial charge is 0.471 e. The summed E-state index contributed by atoms with van der Waals surface area (Å²) in [5, 5.41) is 1.87. The van der Waals surface area contributed by atoms with Gasteiger partial charge < -0.3 is 19.7 Å². The van der Waals surface area contributed by atoms with Crippen LogP contribution in [0.2, 0.25) is 0 Å². The number of methoxy groups -OCH3 is 2. The third-order valence-corrected chi connectivity index (χ3v) is 8.71. The normalized spacial score (nSPS) is 16.7. The second-order valence-corrected chi connectivity index (χ2v) is 11.3. The van der Waals surface area contributed by atoms with Gasteiger partial charge in [-0.1, -0.05) is 42.5 Å². The highest BCUT2D eigenvalue weighted by atomic mass is 19.4. The van der Waals surface area contributed by atoms with Crippen LogP contribution in [0.5, 0.6) is 11.5 Å². The van der Waals surface area contributed by atoms with E-state index in [2.05, 4.69) is 28.9 Å². The summed E-state index contributed by atoms with van der Waals surface area (Å²) in [6, 6.07) is 19.9. The van der Waals surface area contributed by atoms with Gasteiger partial charge in [-0.05, 0) is 55.2 Å². The van der Waals surface area contributed by atoms with Crippen molar-refractivity contribution < 1.29 is 37.0 Å². The molecule has 1 N–H and O–H groups in total. The lowest BCUT2D eigenvalue weighted by atomic mass is 9.99. The molecular formula is C34H37F3N4O5. The molecule has 0 bridgehead atoms. The van der Waals surface area contributed by atoms with Crippen LogP contribution in [-0.2, 0) is 4.79 Å². The summed E-state index contributed by atoms with van der Waals surface area (Å²) in [6.07, 6.45) is -4.83. The quantitative estimate of drug-likeness (QED) is 0.223. The predicted molar refractivity (Wildman–Crippen MR) is 166 cm³/mol. The predicted octanol–water partition coefficient (Wildman–Crippen LogP) is 5.38. The Balaban J connectivity index is 1.39. The van der Waals surface area contributed by atoms with Crippen LogP contribution in [0.25, 0.3) is 0 Å². The molecule has 0 radical (unpaired) electrons. The summed E-state index contributed by atoms with van der Waals surface area (Å²) in [5.74, 6) is -2.20. The van der Waals surface area contributed by atoms with Gasteiger partial charge in [0.25, 0.3) is 11.8 Å². The van der Waals surface area contributed by atoms with Crippen LogP contribution in [0.1, 0.15) is 63.7 Å². The minimum Gasteiger partial charge on any atom is -0.493 e. The van der Waals surface area contributed by atoms with Crippen molar-refractivity contribution in [1.82, 2.24) is 15.1 Å². The number of hydrogen-bond donors (Lipinski definition) is 1. The number of alkyl halides is 3. The van der Waals surface area contributed by atoms with E-state index in [0.717, 1.165) is 13.1 Å². The Kier molecular flexibility index (Phi) is 9.85. The van der Waals surface area contributed by atoms with E-state index in [1.54, 1.807) is 30.3 Å². The van der Waals surface area contributed by atoms with E-state index in [1.165, 1.54) is 24.7 Å². The van der Waals surface area contributed by atoms with E-state index < -0.39 is 29.9 Å². The number of rotatable bonds is 11. The summed E-state index contributed by atoms with van der Waals surface area (Å²) in [4.78, 5) is 45.2. The lowest BCUT2D eigenvalue weighted by Crippen LogP contribution is -2.47. The molecule has 2 aliphatic heterocycles. The minimum absolute atomic E-state index is 0.0721. The molecule has 2 aliphatic rings. The Morgan fingerprint density at radius 1 is 0.870 bits per heavy atom. The van der Waals surface area contributed by atoms with E-state index in [1.807, 2.05) is 29.6 Å².